The largest absolute Gasteiger partial charge is 0.293 e. The third kappa shape index (κ3) is 8.25. The molecule has 0 bridgehead atoms. The highest BCUT2D eigenvalue weighted by atomic mass is 32.2. The highest BCUT2D eigenvalue weighted by molar-refractivity contribution is 8.00. The Kier molecular flexibility index (Phi) is 12.3. The number of carbonyl (C=O) groups is 2. The van der Waals surface area contributed by atoms with Crippen molar-refractivity contribution in [2.45, 2.75) is 117 Å². The van der Waals surface area contributed by atoms with Crippen LogP contribution >= 0.6 is 23.5 Å². The molecule has 0 radical (unpaired) electrons. The number of unbranched alkanes of at least 4 members (excludes halogenated alkanes) is 3. The zero-order valence-electron chi connectivity index (χ0n) is 24.2. The number of ketones is 2. The third-order valence-corrected chi connectivity index (χ3v) is 10.6. The molecule has 2 nitrogen and oxygen atoms in total. The van der Waals surface area contributed by atoms with Crippen LogP contribution in [0.3, 0.4) is 0 Å². The van der Waals surface area contributed by atoms with Crippen molar-refractivity contribution in [2.75, 3.05) is 11.5 Å². The smallest absolute Gasteiger partial charge is 0.172 e. The second-order valence-electron chi connectivity index (χ2n) is 11.8. The van der Waals surface area contributed by atoms with Gasteiger partial charge in [-0.15, -0.1) is 0 Å². The number of rotatable bonds is 15. The van der Waals surface area contributed by atoms with Gasteiger partial charge in [-0.3, -0.25) is 9.59 Å². The molecular formula is C32H50O2S2. The minimum atomic E-state index is -0.0576. The molecule has 2 atom stereocenters. The maximum atomic E-state index is 13.3. The Morgan fingerprint density at radius 2 is 1.08 bits per heavy atom. The first kappa shape index (κ1) is 31.2. The van der Waals surface area contributed by atoms with Gasteiger partial charge in [-0.25, -0.2) is 0 Å². The van der Waals surface area contributed by atoms with Crippen LogP contribution < -0.4 is 0 Å². The Morgan fingerprint density at radius 1 is 0.722 bits per heavy atom. The van der Waals surface area contributed by atoms with Gasteiger partial charge in [0.25, 0.3) is 0 Å². The molecule has 0 saturated heterocycles. The molecule has 0 N–H and O–H groups in total. The van der Waals surface area contributed by atoms with E-state index in [1.807, 2.05) is 23.5 Å². The summed E-state index contributed by atoms with van der Waals surface area (Å²) in [4.78, 5) is 26.7. The summed E-state index contributed by atoms with van der Waals surface area (Å²) >= 11 is 3.70. The van der Waals surface area contributed by atoms with Crippen LogP contribution in [0, 0.1) is 10.8 Å². The van der Waals surface area contributed by atoms with Crippen molar-refractivity contribution in [3.63, 3.8) is 0 Å². The Balaban J connectivity index is 1.72. The second kappa shape index (κ2) is 14.2. The lowest BCUT2D eigenvalue weighted by molar-refractivity contribution is -0.117. The van der Waals surface area contributed by atoms with E-state index < -0.39 is 0 Å². The molecule has 2 unspecified atom stereocenters. The number of thioether (sulfide) groups is 2. The summed E-state index contributed by atoms with van der Waals surface area (Å²) in [5.74, 6) is 2.80. The van der Waals surface area contributed by atoms with E-state index in [2.05, 4.69) is 79.7 Å². The van der Waals surface area contributed by atoms with E-state index in [1.165, 1.54) is 12.8 Å². The Labute approximate surface area is 230 Å². The molecule has 0 heterocycles. The van der Waals surface area contributed by atoms with Crippen LogP contribution in [-0.4, -0.2) is 33.6 Å². The van der Waals surface area contributed by atoms with E-state index in [1.54, 1.807) is 0 Å². The standard InChI is InChI=1S/C32H50O2S2/c1-9-25(29(33)27-23(3)17-15-19-31(27,5)6)35-21-13-11-12-14-22-36-26(10-2)30(34)28-24(4)18-16-20-32(28,7)8/h15-18,25-26H,9-14,19-22H2,1-8H3. The van der Waals surface area contributed by atoms with Crippen LogP contribution in [0.25, 0.3) is 0 Å². The van der Waals surface area contributed by atoms with Gasteiger partial charge in [0.1, 0.15) is 0 Å². The van der Waals surface area contributed by atoms with Crippen LogP contribution in [0.15, 0.2) is 46.6 Å². The highest BCUT2D eigenvalue weighted by Crippen LogP contribution is 2.41. The maximum Gasteiger partial charge on any atom is 0.172 e. The average molecular weight is 531 g/mol. The van der Waals surface area contributed by atoms with Crippen LogP contribution in [-0.2, 0) is 9.59 Å². The molecule has 0 spiro atoms. The van der Waals surface area contributed by atoms with E-state index >= 15 is 0 Å². The molecule has 0 saturated carbocycles. The predicted octanol–water partition coefficient (Wildman–Crippen LogP) is 9.31. The van der Waals surface area contributed by atoms with Gasteiger partial charge in [0.15, 0.2) is 11.6 Å². The van der Waals surface area contributed by atoms with E-state index in [4.69, 9.17) is 0 Å². The molecule has 2 aliphatic carbocycles. The molecule has 202 valence electrons. The van der Waals surface area contributed by atoms with Crippen LogP contribution in [0.5, 0.6) is 0 Å². The zero-order valence-corrected chi connectivity index (χ0v) is 25.8. The van der Waals surface area contributed by atoms with Gasteiger partial charge in [-0.2, -0.15) is 23.5 Å². The summed E-state index contributed by atoms with van der Waals surface area (Å²) in [5.41, 5.74) is 4.26. The molecule has 4 heteroatoms. The van der Waals surface area contributed by atoms with Crippen LogP contribution in [0.2, 0.25) is 0 Å². The molecule has 0 aromatic rings. The molecule has 0 aliphatic heterocycles. The minimum absolute atomic E-state index is 0.0576. The summed E-state index contributed by atoms with van der Waals surface area (Å²) in [6, 6.07) is 0. The van der Waals surface area contributed by atoms with E-state index in [0.29, 0.717) is 11.6 Å². The Hall–Kier alpha value is -1.00. The third-order valence-electron chi connectivity index (χ3n) is 7.63. The minimum Gasteiger partial charge on any atom is -0.293 e. The van der Waals surface area contributed by atoms with Crippen molar-refractivity contribution in [1.82, 2.24) is 0 Å². The average Bonchev–Trinajstić information content (AvgIpc) is 2.79. The summed E-state index contributed by atoms with van der Waals surface area (Å²) in [5, 5.41) is 0.147. The Morgan fingerprint density at radius 3 is 1.39 bits per heavy atom. The van der Waals surface area contributed by atoms with Gasteiger partial charge >= 0.3 is 0 Å². The van der Waals surface area contributed by atoms with Gasteiger partial charge in [0, 0.05) is 11.1 Å². The van der Waals surface area contributed by atoms with Gasteiger partial charge in [0.2, 0.25) is 0 Å². The SMILES string of the molecule is CCC(SCCCCCCSC(CC)C(=O)C1=C(C)C=CCC1(C)C)C(=O)C1=C(C)C=CCC1(C)C. The van der Waals surface area contributed by atoms with Crippen molar-refractivity contribution < 1.29 is 9.59 Å². The van der Waals surface area contributed by atoms with E-state index in [-0.39, 0.29) is 21.3 Å². The fraction of sp³-hybridized carbons (Fsp3) is 0.688. The number of carbonyl (C=O) groups excluding carboxylic acids is 2. The molecular weight excluding hydrogens is 480 g/mol. The molecule has 2 aliphatic rings. The van der Waals surface area contributed by atoms with Crippen molar-refractivity contribution >= 4 is 35.1 Å². The van der Waals surface area contributed by atoms with Gasteiger partial charge in [0.05, 0.1) is 10.5 Å². The van der Waals surface area contributed by atoms with Crippen molar-refractivity contribution in [3.05, 3.63) is 46.6 Å². The summed E-state index contributed by atoms with van der Waals surface area (Å²) in [7, 11) is 0. The zero-order chi connectivity index (χ0) is 26.9. The number of allylic oxidation sites excluding steroid dienone is 8. The van der Waals surface area contributed by atoms with E-state index in [9.17, 15) is 9.59 Å². The quantitative estimate of drug-likeness (QED) is 0.198. The Bertz CT molecular complexity index is 827. The maximum absolute atomic E-state index is 13.3. The predicted molar refractivity (Wildman–Crippen MR) is 162 cm³/mol. The monoisotopic (exact) mass is 530 g/mol. The molecule has 36 heavy (non-hydrogen) atoms. The van der Waals surface area contributed by atoms with E-state index in [0.717, 1.165) is 72.3 Å². The number of hydrogen-bond donors (Lipinski definition) is 0. The fourth-order valence-electron chi connectivity index (χ4n) is 5.64. The highest BCUT2D eigenvalue weighted by Gasteiger charge is 2.35. The van der Waals surface area contributed by atoms with Crippen LogP contribution in [0.1, 0.15) is 107 Å². The lowest BCUT2D eigenvalue weighted by Crippen LogP contribution is -2.30. The lowest BCUT2D eigenvalue weighted by Gasteiger charge is -2.32. The molecule has 0 fully saturated rings. The molecule has 0 aromatic heterocycles. The summed E-state index contributed by atoms with van der Waals surface area (Å²) < 4.78 is 0. The van der Waals surface area contributed by atoms with Gasteiger partial charge in [-0.05, 0) is 85.9 Å². The molecule has 0 aromatic carbocycles. The van der Waals surface area contributed by atoms with Crippen molar-refractivity contribution in [1.29, 1.82) is 0 Å². The fourth-order valence-corrected chi connectivity index (χ4v) is 7.96. The van der Waals surface area contributed by atoms with Gasteiger partial charge in [-0.1, -0.05) is 78.7 Å². The number of hydrogen-bond acceptors (Lipinski definition) is 4. The first-order valence-electron chi connectivity index (χ1n) is 14.0. The topological polar surface area (TPSA) is 34.1 Å². The molecule has 2 rings (SSSR count). The van der Waals surface area contributed by atoms with Crippen molar-refractivity contribution in [2.24, 2.45) is 10.8 Å². The summed E-state index contributed by atoms with van der Waals surface area (Å²) in [6.45, 7) is 17.2. The second-order valence-corrected chi connectivity index (χ2v) is 14.4. The normalized spacial score (nSPS) is 20.6. The number of Topliss-reactive ketones (excluding diaryl/α,β-unsaturated/α-hetero) is 2. The van der Waals surface area contributed by atoms with Gasteiger partial charge < -0.3 is 0 Å². The first-order chi connectivity index (χ1) is 17.0. The first-order valence-corrected chi connectivity index (χ1v) is 16.1. The lowest BCUT2D eigenvalue weighted by atomic mass is 9.73. The molecule has 0 amide bonds. The summed E-state index contributed by atoms with van der Waals surface area (Å²) in [6.07, 6.45) is 17.0. The van der Waals surface area contributed by atoms with Crippen LogP contribution in [0.4, 0.5) is 0 Å². The van der Waals surface area contributed by atoms with Crippen molar-refractivity contribution in [3.8, 4) is 0 Å².